The topological polar surface area (TPSA) is 20.2 Å². The summed E-state index contributed by atoms with van der Waals surface area (Å²) in [5.74, 6) is 0. The first-order chi connectivity index (χ1) is 9.88. The summed E-state index contributed by atoms with van der Waals surface area (Å²) < 4.78 is 0. The number of hydrogen-bond donors (Lipinski definition) is 1. The zero-order valence-electron chi connectivity index (χ0n) is 12.6. The van der Waals surface area contributed by atoms with E-state index in [0.29, 0.717) is 22.9 Å². The van der Waals surface area contributed by atoms with Crippen LogP contribution in [0, 0.1) is 20.8 Å². The summed E-state index contributed by atoms with van der Waals surface area (Å²) in [4.78, 5) is 0. The molecule has 2 rings (SSSR count). The first-order valence-electron chi connectivity index (χ1n) is 7.06. The number of aliphatic hydroxyl groups is 1. The van der Waals surface area contributed by atoms with Gasteiger partial charge < -0.3 is 5.11 Å². The van der Waals surface area contributed by atoms with E-state index in [2.05, 4.69) is 32.9 Å². The van der Waals surface area contributed by atoms with E-state index in [9.17, 15) is 5.11 Å². The molecule has 21 heavy (non-hydrogen) atoms. The number of aliphatic hydroxyl groups excluding tert-OH is 1. The third kappa shape index (κ3) is 4.00. The lowest BCUT2D eigenvalue weighted by molar-refractivity contribution is 0.175. The third-order valence-electron chi connectivity index (χ3n) is 3.78. The summed E-state index contributed by atoms with van der Waals surface area (Å²) in [5.41, 5.74) is 5.71. The number of rotatable bonds is 4. The maximum Gasteiger partial charge on any atom is 0.0622 e. The first kappa shape index (κ1) is 16.4. The Kier molecular flexibility index (Phi) is 5.32. The fraction of sp³-hybridized carbons (Fsp3) is 0.333. The Bertz CT molecular complexity index is 606. The minimum absolute atomic E-state index is 0.464. The molecule has 1 unspecified atom stereocenters. The highest BCUT2D eigenvalue weighted by atomic mass is 35.5. The molecule has 0 aliphatic rings. The lowest BCUT2D eigenvalue weighted by Gasteiger charge is -2.17. The molecule has 0 saturated heterocycles. The predicted molar refractivity (Wildman–Crippen MR) is 90.5 cm³/mol. The zero-order chi connectivity index (χ0) is 15.6. The molecule has 0 fully saturated rings. The van der Waals surface area contributed by atoms with Crippen LogP contribution in [0.2, 0.25) is 10.0 Å². The molecule has 2 aromatic carbocycles. The van der Waals surface area contributed by atoms with Gasteiger partial charge in [-0.25, -0.2) is 0 Å². The molecule has 112 valence electrons. The van der Waals surface area contributed by atoms with Gasteiger partial charge in [0.15, 0.2) is 0 Å². The van der Waals surface area contributed by atoms with Crippen molar-refractivity contribution in [2.45, 2.75) is 39.7 Å². The molecule has 0 saturated carbocycles. The van der Waals surface area contributed by atoms with E-state index < -0.39 is 6.10 Å². The molecule has 1 nitrogen and oxygen atoms in total. The molecule has 0 radical (unpaired) electrons. The minimum atomic E-state index is -0.498. The second-order valence-corrected chi connectivity index (χ2v) is 6.45. The highest BCUT2D eigenvalue weighted by Gasteiger charge is 2.14. The van der Waals surface area contributed by atoms with Crippen LogP contribution >= 0.6 is 23.2 Å². The van der Waals surface area contributed by atoms with Gasteiger partial charge in [-0.2, -0.15) is 0 Å². The average molecular weight is 323 g/mol. The fourth-order valence-corrected chi connectivity index (χ4v) is 3.35. The standard InChI is InChI=1S/C18H20Cl2O/c1-11-7-12(2)15(13(3)8-11)9-14(21)10-16-17(19)5-4-6-18(16)20/h4-8,14,21H,9-10H2,1-3H3. The van der Waals surface area contributed by atoms with Crippen molar-refractivity contribution < 1.29 is 5.11 Å². The van der Waals surface area contributed by atoms with Crippen LogP contribution in [0.25, 0.3) is 0 Å². The second-order valence-electron chi connectivity index (χ2n) is 5.64. The molecule has 0 heterocycles. The van der Waals surface area contributed by atoms with Crippen LogP contribution in [0.1, 0.15) is 27.8 Å². The van der Waals surface area contributed by atoms with Gasteiger partial charge in [-0.15, -0.1) is 0 Å². The van der Waals surface area contributed by atoms with Gasteiger partial charge in [-0.1, -0.05) is 47.0 Å². The largest absolute Gasteiger partial charge is 0.392 e. The molecule has 0 spiro atoms. The number of aryl methyl sites for hydroxylation is 3. The smallest absolute Gasteiger partial charge is 0.0622 e. The monoisotopic (exact) mass is 322 g/mol. The molecule has 0 aliphatic heterocycles. The van der Waals surface area contributed by atoms with Gasteiger partial charge in [0, 0.05) is 16.5 Å². The first-order valence-corrected chi connectivity index (χ1v) is 7.81. The number of halogens is 2. The van der Waals surface area contributed by atoms with E-state index in [-0.39, 0.29) is 0 Å². The Morgan fingerprint density at radius 1 is 0.905 bits per heavy atom. The summed E-state index contributed by atoms with van der Waals surface area (Å²) in [5, 5.41) is 11.6. The van der Waals surface area contributed by atoms with Crippen LogP contribution in [-0.2, 0) is 12.8 Å². The molecule has 0 aliphatic carbocycles. The van der Waals surface area contributed by atoms with Gasteiger partial charge in [0.05, 0.1) is 6.10 Å². The summed E-state index contributed by atoms with van der Waals surface area (Å²) >= 11 is 12.3. The third-order valence-corrected chi connectivity index (χ3v) is 4.49. The normalized spacial score (nSPS) is 12.5. The molecule has 0 aromatic heterocycles. The Morgan fingerprint density at radius 3 is 1.90 bits per heavy atom. The maximum atomic E-state index is 10.4. The van der Waals surface area contributed by atoms with Crippen LogP contribution in [0.4, 0.5) is 0 Å². The molecule has 0 amide bonds. The van der Waals surface area contributed by atoms with Crippen molar-refractivity contribution in [2.24, 2.45) is 0 Å². The van der Waals surface area contributed by atoms with Crippen LogP contribution in [0.5, 0.6) is 0 Å². The molecular formula is C18H20Cl2O. The van der Waals surface area contributed by atoms with Crippen LogP contribution in [0.15, 0.2) is 30.3 Å². The van der Waals surface area contributed by atoms with Crippen molar-refractivity contribution in [3.05, 3.63) is 68.2 Å². The van der Waals surface area contributed by atoms with Crippen LogP contribution < -0.4 is 0 Å². The molecule has 1 atom stereocenters. The predicted octanol–water partition coefficient (Wildman–Crippen LogP) is 5.06. The summed E-state index contributed by atoms with van der Waals surface area (Å²) in [6.07, 6.45) is 0.576. The Hall–Kier alpha value is -1.02. The van der Waals surface area contributed by atoms with Crippen molar-refractivity contribution in [3.63, 3.8) is 0 Å². The lowest BCUT2D eigenvalue weighted by Crippen LogP contribution is -2.16. The maximum absolute atomic E-state index is 10.4. The van der Waals surface area contributed by atoms with Gasteiger partial charge in [0.2, 0.25) is 0 Å². The summed E-state index contributed by atoms with van der Waals surface area (Å²) in [7, 11) is 0. The van der Waals surface area contributed by atoms with Crippen molar-refractivity contribution in [2.75, 3.05) is 0 Å². The average Bonchev–Trinajstić information content (AvgIpc) is 2.38. The van der Waals surface area contributed by atoms with E-state index in [1.54, 1.807) is 12.1 Å². The molecule has 3 heteroatoms. The van der Waals surface area contributed by atoms with Gasteiger partial charge in [-0.05, 0) is 61.6 Å². The fourth-order valence-electron chi connectivity index (χ4n) is 2.80. The molecule has 2 aromatic rings. The highest BCUT2D eigenvalue weighted by molar-refractivity contribution is 6.35. The van der Waals surface area contributed by atoms with E-state index in [0.717, 1.165) is 5.56 Å². The SMILES string of the molecule is Cc1cc(C)c(CC(O)Cc2c(Cl)cccc2Cl)c(C)c1. The molecular weight excluding hydrogens is 303 g/mol. The summed E-state index contributed by atoms with van der Waals surface area (Å²) in [6, 6.07) is 9.72. The molecule has 1 N–H and O–H groups in total. The van der Waals surface area contributed by atoms with E-state index in [4.69, 9.17) is 23.2 Å². The Labute approximate surface area is 136 Å². The van der Waals surface area contributed by atoms with E-state index in [1.807, 2.05) is 6.07 Å². The van der Waals surface area contributed by atoms with Gasteiger partial charge in [0.1, 0.15) is 0 Å². The van der Waals surface area contributed by atoms with Crippen molar-refractivity contribution >= 4 is 23.2 Å². The van der Waals surface area contributed by atoms with Crippen LogP contribution in [-0.4, -0.2) is 11.2 Å². The summed E-state index contributed by atoms with van der Waals surface area (Å²) in [6.45, 7) is 6.26. The Balaban J connectivity index is 2.18. The number of hydrogen-bond acceptors (Lipinski definition) is 1. The van der Waals surface area contributed by atoms with Gasteiger partial charge in [0.25, 0.3) is 0 Å². The van der Waals surface area contributed by atoms with Crippen molar-refractivity contribution in [1.82, 2.24) is 0 Å². The van der Waals surface area contributed by atoms with E-state index >= 15 is 0 Å². The van der Waals surface area contributed by atoms with Gasteiger partial charge >= 0.3 is 0 Å². The van der Waals surface area contributed by atoms with Crippen LogP contribution in [0.3, 0.4) is 0 Å². The van der Waals surface area contributed by atoms with Gasteiger partial charge in [-0.3, -0.25) is 0 Å². The lowest BCUT2D eigenvalue weighted by atomic mass is 9.93. The zero-order valence-corrected chi connectivity index (χ0v) is 14.1. The number of benzene rings is 2. The van der Waals surface area contributed by atoms with Crippen molar-refractivity contribution in [1.29, 1.82) is 0 Å². The highest BCUT2D eigenvalue weighted by Crippen LogP contribution is 2.27. The van der Waals surface area contributed by atoms with E-state index in [1.165, 1.54) is 22.3 Å². The second kappa shape index (κ2) is 6.83. The van der Waals surface area contributed by atoms with Crippen molar-refractivity contribution in [3.8, 4) is 0 Å². The quantitative estimate of drug-likeness (QED) is 0.833. The Morgan fingerprint density at radius 2 is 1.38 bits per heavy atom. The minimum Gasteiger partial charge on any atom is -0.392 e. The molecule has 0 bridgehead atoms.